The molecule has 96 valence electrons. The molecule has 0 aliphatic rings. The number of ether oxygens (including phenoxy) is 1. The Morgan fingerprint density at radius 2 is 1.65 bits per heavy atom. The van der Waals surface area contributed by atoms with Crippen LogP contribution in [0, 0.1) is 0 Å². The van der Waals surface area contributed by atoms with Gasteiger partial charge in [0.15, 0.2) is 0 Å². The number of aliphatic hydroxyl groups is 1. The second kappa shape index (κ2) is 5.22. The number of hydrogen-bond acceptors (Lipinski definition) is 2. The van der Waals surface area contributed by atoms with E-state index in [-0.39, 0.29) is 5.75 Å². The third kappa shape index (κ3) is 3.57. The first kappa shape index (κ1) is 14.2. The average Bonchev–Trinajstić information content (AvgIpc) is 2.21. The molecule has 17 heavy (non-hydrogen) atoms. The second-order valence-electron chi connectivity index (χ2n) is 3.25. The van der Waals surface area contributed by atoms with Crippen LogP contribution < -0.4 is 4.74 Å². The standard InChI is InChI=1S/C10H9BrF4O2/c11-7-1-3-8(4-2-7)17-10(14,15)9(12,13)5-6-16/h1-4,16H,5-6H2. The molecule has 0 amide bonds. The van der Waals surface area contributed by atoms with Gasteiger partial charge in [0.05, 0.1) is 0 Å². The maximum atomic E-state index is 13.1. The maximum absolute atomic E-state index is 13.1. The molecule has 1 aromatic carbocycles. The minimum atomic E-state index is -4.66. The first-order valence-corrected chi connectivity index (χ1v) is 5.39. The smallest absolute Gasteiger partial charge is 0.428 e. The lowest BCUT2D eigenvalue weighted by Crippen LogP contribution is -2.45. The summed E-state index contributed by atoms with van der Waals surface area (Å²) in [5.74, 6) is -4.80. The van der Waals surface area contributed by atoms with Crippen molar-refractivity contribution in [3.8, 4) is 5.75 Å². The molecule has 0 atom stereocenters. The summed E-state index contributed by atoms with van der Waals surface area (Å²) in [6.45, 7) is -1.05. The quantitative estimate of drug-likeness (QED) is 0.843. The van der Waals surface area contributed by atoms with Crippen LogP contribution >= 0.6 is 15.9 Å². The first-order chi connectivity index (χ1) is 7.78. The van der Waals surface area contributed by atoms with Crippen molar-refractivity contribution in [2.75, 3.05) is 6.61 Å². The molecule has 1 aromatic rings. The fraction of sp³-hybridized carbons (Fsp3) is 0.400. The molecule has 0 radical (unpaired) electrons. The van der Waals surface area contributed by atoms with Crippen molar-refractivity contribution < 1.29 is 27.4 Å². The molecule has 1 rings (SSSR count). The third-order valence-electron chi connectivity index (χ3n) is 1.91. The highest BCUT2D eigenvalue weighted by Gasteiger charge is 2.58. The number of benzene rings is 1. The molecule has 0 aromatic heterocycles. The van der Waals surface area contributed by atoms with E-state index in [1.165, 1.54) is 12.1 Å². The summed E-state index contributed by atoms with van der Waals surface area (Å²) in [6, 6.07) is 5.03. The molecule has 0 heterocycles. The average molecular weight is 317 g/mol. The molecule has 0 spiro atoms. The van der Waals surface area contributed by atoms with E-state index >= 15 is 0 Å². The molecule has 2 nitrogen and oxygen atoms in total. The van der Waals surface area contributed by atoms with E-state index in [2.05, 4.69) is 20.7 Å². The largest absolute Gasteiger partial charge is 0.464 e. The lowest BCUT2D eigenvalue weighted by molar-refractivity contribution is -0.312. The molecule has 0 unspecified atom stereocenters. The first-order valence-electron chi connectivity index (χ1n) is 4.59. The molecule has 0 saturated carbocycles. The van der Waals surface area contributed by atoms with Gasteiger partial charge in [0.1, 0.15) is 5.75 Å². The van der Waals surface area contributed by atoms with Gasteiger partial charge in [0, 0.05) is 17.5 Å². The highest BCUT2D eigenvalue weighted by atomic mass is 79.9. The Morgan fingerprint density at radius 3 is 2.12 bits per heavy atom. The third-order valence-corrected chi connectivity index (χ3v) is 2.44. The van der Waals surface area contributed by atoms with Crippen molar-refractivity contribution in [3.05, 3.63) is 28.7 Å². The Morgan fingerprint density at radius 1 is 1.12 bits per heavy atom. The van der Waals surface area contributed by atoms with Gasteiger partial charge in [0.25, 0.3) is 0 Å². The summed E-state index contributed by atoms with van der Waals surface area (Å²) >= 11 is 3.07. The summed E-state index contributed by atoms with van der Waals surface area (Å²) in [4.78, 5) is 0. The van der Waals surface area contributed by atoms with Crippen LogP contribution in [0.15, 0.2) is 28.7 Å². The Labute approximate surface area is 103 Å². The number of aliphatic hydroxyl groups excluding tert-OH is 1. The number of alkyl halides is 4. The molecule has 0 aliphatic carbocycles. The lowest BCUT2D eigenvalue weighted by atomic mass is 10.2. The fourth-order valence-electron chi connectivity index (χ4n) is 1.01. The molecule has 1 N–H and O–H groups in total. The van der Waals surface area contributed by atoms with Crippen LogP contribution in [0.2, 0.25) is 0 Å². The Bertz CT molecular complexity index is 367. The van der Waals surface area contributed by atoms with Crippen LogP contribution in [0.5, 0.6) is 5.75 Å². The van der Waals surface area contributed by atoms with Gasteiger partial charge in [-0.2, -0.15) is 17.6 Å². The summed E-state index contributed by atoms with van der Waals surface area (Å²) < 4.78 is 56.6. The second-order valence-corrected chi connectivity index (χ2v) is 4.17. The van der Waals surface area contributed by atoms with Gasteiger partial charge in [-0.05, 0) is 24.3 Å². The molecule has 0 bridgehead atoms. The van der Waals surface area contributed by atoms with Gasteiger partial charge in [-0.25, -0.2) is 0 Å². The summed E-state index contributed by atoms with van der Waals surface area (Å²) in [7, 11) is 0. The van der Waals surface area contributed by atoms with Crippen molar-refractivity contribution in [2.24, 2.45) is 0 Å². The molecule has 7 heteroatoms. The van der Waals surface area contributed by atoms with E-state index in [0.717, 1.165) is 12.1 Å². The topological polar surface area (TPSA) is 29.5 Å². The molecule has 0 saturated heterocycles. The van der Waals surface area contributed by atoms with Crippen molar-refractivity contribution in [1.29, 1.82) is 0 Å². The van der Waals surface area contributed by atoms with E-state index in [9.17, 15) is 17.6 Å². The summed E-state index contributed by atoms with van der Waals surface area (Å²) in [5, 5.41) is 8.29. The number of halogens is 5. The Kier molecular flexibility index (Phi) is 4.37. The van der Waals surface area contributed by atoms with Crippen molar-refractivity contribution in [1.82, 2.24) is 0 Å². The van der Waals surface area contributed by atoms with Gasteiger partial charge in [-0.15, -0.1) is 0 Å². The minimum absolute atomic E-state index is 0.379. The lowest BCUT2D eigenvalue weighted by Gasteiger charge is -2.25. The highest BCUT2D eigenvalue weighted by Crippen LogP contribution is 2.38. The summed E-state index contributed by atoms with van der Waals surface area (Å²) in [6.07, 6.45) is -6.03. The zero-order valence-corrected chi connectivity index (χ0v) is 10.1. The van der Waals surface area contributed by atoms with Crippen LogP contribution in [-0.4, -0.2) is 23.7 Å². The van der Waals surface area contributed by atoms with Gasteiger partial charge < -0.3 is 9.84 Å². The van der Waals surface area contributed by atoms with Gasteiger partial charge >= 0.3 is 12.0 Å². The van der Waals surface area contributed by atoms with E-state index in [1.54, 1.807) is 0 Å². The van der Waals surface area contributed by atoms with E-state index in [4.69, 9.17) is 5.11 Å². The monoisotopic (exact) mass is 316 g/mol. The van der Waals surface area contributed by atoms with Gasteiger partial charge in [0.2, 0.25) is 0 Å². The molecular formula is C10H9BrF4O2. The molecular weight excluding hydrogens is 308 g/mol. The predicted molar refractivity (Wildman–Crippen MR) is 56.4 cm³/mol. The van der Waals surface area contributed by atoms with Crippen molar-refractivity contribution >= 4 is 15.9 Å². The molecule has 0 fully saturated rings. The zero-order valence-electron chi connectivity index (χ0n) is 8.47. The van der Waals surface area contributed by atoms with E-state index < -0.39 is 25.1 Å². The maximum Gasteiger partial charge on any atom is 0.464 e. The van der Waals surface area contributed by atoms with Crippen molar-refractivity contribution in [2.45, 2.75) is 18.5 Å². The Balaban J connectivity index is 2.81. The van der Waals surface area contributed by atoms with Crippen LogP contribution in [0.25, 0.3) is 0 Å². The van der Waals surface area contributed by atoms with Crippen LogP contribution in [0.1, 0.15) is 6.42 Å². The van der Waals surface area contributed by atoms with Crippen molar-refractivity contribution in [3.63, 3.8) is 0 Å². The number of hydrogen-bond donors (Lipinski definition) is 1. The SMILES string of the molecule is OCCC(F)(F)C(F)(F)Oc1ccc(Br)cc1. The van der Waals surface area contributed by atoms with Crippen LogP contribution in [0.3, 0.4) is 0 Å². The van der Waals surface area contributed by atoms with E-state index in [1.807, 2.05) is 0 Å². The normalized spacial score (nSPS) is 12.6. The number of rotatable bonds is 5. The van der Waals surface area contributed by atoms with Gasteiger partial charge in [-0.3, -0.25) is 0 Å². The molecule has 0 aliphatic heterocycles. The zero-order chi connectivity index (χ0) is 13.1. The Hall–Kier alpha value is -0.820. The van der Waals surface area contributed by atoms with Gasteiger partial charge in [-0.1, -0.05) is 15.9 Å². The van der Waals surface area contributed by atoms with Crippen LogP contribution in [-0.2, 0) is 0 Å². The fourth-order valence-corrected chi connectivity index (χ4v) is 1.28. The van der Waals surface area contributed by atoms with E-state index in [0.29, 0.717) is 4.47 Å². The predicted octanol–water partition coefficient (Wildman–Crippen LogP) is 3.44. The summed E-state index contributed by atoms with van der Waals surface area (Å²) in [5.41, 5.74) is 0. The minimum Gasteiger partial charge on any atom is -0.428 e. The van der Waals surface area contributed by atoms with Crippen LogP contribution in [0.4, 0.5) is 17.6 Å². The highest BCUT2D eigenvalue weighted by molar-refractivity contribution is 9.10.